The van der Waals surface area contributed by atoms with Gasteiger partial charge in [0.05, 0.1) is 145 Å². The molecule has 0 aliphatic rings. The number of terminal acetylenes is 1. The molecule has 0 aliphatic carbocycles. The van der Waals surface area contributed by atoms with E-state index in [0.29, 0.717) is 178 Å². The minimum Gasteiger partial charge on any atom is -0.668 e. The van der Waals surface area contributed by atoms with Crippen molar-refractivity contribution < 1.29 is 69.6 Å². The molecule has 0 atom stereocenters. The summed E-state index contributed by atoms with van der Waals surface area (Å²) in [7, 11) is 8.55. The van der Waals surface area contributed by atoms with Gasteiger partial charge in [0.25, 0.3) is 0 Å². The van der Waals surface area contributed by atoms with Crippen LogP contribution in [0.4, 0.5) is 17.6 Å². The third-order valence-electron chi connectivity index (χ3n) is 18.4. The van der Waals surface area contributed by atoms with Crippen molar-refractivity contribution >= 4 is 60.0 Å². The van der Waals surface area contributed by atoms with E-state index in [1.165, 1.54) is 21.3 Å². The Bertz CT molecular complexity index is 5770. The average Bonchev–Trinajstić information content (AvgIpc) is 0.841. The Hall–Kier alpha value is -13.2. The molecule has 17 nitrogen and oxygen atoms in total. The summed E-state index contributed by atoms with van der Waals surface area (Å²) in [5.74, 6) is 16.6. The molecule has 6 N–H and O–H groups in total. The van der Waals surface area contributed by atoms with E-state index >= 15 is 8.78 Å². The molecule has 11 aromatic carbocycles. The first-order valence-corrected chi connectivity index (χ1v) is 47.3. The summed E-state index contributed by atoms with van der Waals surface area (Å²) < 4.78 is 101. The van der Waals surface area contributed by atoms with Crippen LogP contribution in [-0.4, -0.2) is 77.9 Å². The molecule has 11 aromatic rings. The second-order valence-electron chi connectivity index (χ2n) is 29.3. The number of rotatable bonds is 23. The molecule has 0 saturated carbocycles. The SMILES string of the molecule is C.C.C#Cc1ccc(C#N)cc1OC.COc1cc(C#N)ccc1C#Cc1cccc(C#Cc2ccc(C#N)cc2OC)c1F.COc1cc(C#N)ccc1CCc1cccc(CCc2ccc(C#N)cc2OC)c1F.COc1cc(C(=N)N)ccc1CCc1cccc(CCc2ccc(C(=N)N)cc2OC)c1F.C[Si](C)(C)[N-][Si](C)(C)C.Fc1c(Br)cccc1Br.[Li+]. The molecule has 0 aromatic heterocycles. The maximum absolute atomic E-state index is 15.2. The van der Waals surface area contributed by atoms with E-state index in [4.69, 9.17) is 92.8 Å². The van der Waals surface area contributed by atoms with E-state index in [9.17, 15) is 8.78 Å². The number of hydrogen-bond donors (Lipinski definition) is 4. The summed E-state index contributed by atoms with van der Waals surface area (Å²) in [5, 5.41) is 59.8. The third-order valence-corrected chi connectivity index (χ3v) is 25.0. The fourth-order valence-electron chi connectivity index (χ4n) is 12.5. The first-order chi connectivity index (χ1) is 59.7. The van der Waals surface area contributed by atoms with Gasteiger partial charge in [-0.2, -0.15) is 26.3 Å². The molecule has 0 spiro atoms. The maximum Gasteiger partial charge on any atom is 1.00 e. The fraction of sp³-hybridized carbons (Fsp3) is 0.225. The Morgan fingerprint density at radius 2 is 0.578 bits per heavy atom. The predicted molar refractivity (Wildman–Crippen MR) is 511 cm³/mol. The quantitative estimate of drug-likeness (QED) is 0.0116. The Kier molecular flexibility index (Phi) is 46.5. The number of ether oxygens (including phenoxy) is 7. The summed E-state index contributed by atoms with van der Waals surface area (Å²) in [6.07, 6.45) is 9.72. The van der Waals surface area contributed by atoms with Gasteiger partial charge in [0, 0.05) is 11.1 Å². The van der Waals surface area contributed by atoms with Crippen molar-refractivity contribution in [3.8, 4) is 107 Å². The first-order valence-electron chi connectivity index (χ1n) is 38.8. The van der Waals surface area contributed by atoms with Crippen LogP contribution >= 0.6 is 31.9 Å². The molecule has 0 amide bonds. The number of aryl methyl sites for hydroxylation is 8. The van der Waals surface area contributed by atoms with Gasteiger partial charge in [-0.25, -0.2) is 17.6 Å². The van der Waals surface area contributed by atoms with E-state index in [1.54, 1.807) is 192 Å². The minimum atomic E-state index is -1.11. The van der Waals surface area contributed by atoms with Crippen molar-refractivity contribution in [2.45, 2.75) is 106 Å². The molecule has 0 fully saturated rings. The number of nitrogens with zero attached hydrogens (tertiary/aromatic N) is 6. The van der Waals surface area contributed by atoms with Crippen LogP contribution < -0.4 is 63.5 Å². The van der Waals surface area contributed by atoms with Gasteiger partial charge in [0.15, 0.2) is 11.6 Å². The summed E-state index contributed by atoms with van der Waals surface area (Å²) in [6, 6.07) is 67.1. The summed E-state index contributed by atoms with van der Waals surface area (Å²) in [5.41, 5.74) is 23.2. The third kappa shape index (κ3) is 33.9. The van der Waals surface area contributed by atoms with Crippen molar-refractivity contribution in [2.75, 3.05) is 49.8 Å². The van der Waals surface area contributed by atoms with Gasteiger partial charge in [-0.05, 0) is 243 Å². The van der Waals surface area contributed by atoms with Crippen molar-refractivity contribution in [3.63, 3.8) is 0 Å². The van der Waals surface area contributed by atoms with Gasteiger partial charge in [-0.1, -0.05) is 185 Å². The number of nitriles is 5. The van der Waals surface area contributed by atoms with E-state index < -0.39 is 22.3 Å². The Labute approximate surface area is 782 Å². The van der Waals surface area contributed by atoms with Gasteiger partial charge < -0.3 is 49.3 Å². The molecular formula is C102H103Br2F4LiN10O7Si2. The van der Waals surface area contributed by atoms with Crippen molar-refractivity contribution in [1.29, 1.82) is 37.1 Å². The van der Waals surface area contributed by atoms with E-state index in [1.807, 2.05) is 54.6 Å². The molecule has 654 valence electrons. The van der Waals surface area contributed by atoms with Crippen LogP contribution in [0.2, 0.25) is 39.3 Å². The first kappa shape index (κ1) is 109. The number of benzene rings is 11. The molecular weight excluding hydrogens is 1780 g/mol. The Balaban J connectivity index is 0.000000421. The van der Waals surface area contributed by atoms with Crippen LogP contribution in [0.5, 0.6) is 40.2 Å². The molecule has 128 heavy (non-hydrogen) atoms. The average molecular weight is 1880 g/mol. The number of nitrogens with two attached hydrogens (primary N) is 2. The smallest absolute Gasteiger partial charge is 0.668 e. The van der Waals surface area contributed by atoms with Gasteiger partial charge in [0.2, 0.25) is 0 Å². The molecule has 0 radical (unpaired) electrons. The van der Waals surface area contributed by atoms with E-state index in [0.717, 1.165) is 22.3 Å². The van der Waals surface area contributed by atoms with E-state index in [-0.39, 0.29) is 74.0 Å². The molecule has 0 unspecified atom stereocenters. The molecule has 0 bridgehead atoms. The van der Waals surface area contributed by atoms with Crippen molar-refractivity contribution in [3.05, 3.63) is 348 Å². The number of methoxy groups -OCH3 is 7. The number of nitrogen functional groups attached to an aromatic ring is 2. The summed E-state index contributed by atoms with van der Waals surface area (Å²) in [6.45, 7) is 13.8. The standard InChI is InChI=1S/C26H29FN4O2.C26H23FN2O2.C26H15FN2O2.C10H7NO.C6H3Br2F.C6H18NSi2.2CH4.Li/c1-32-22-14-20(25(28)29)12-8-16(22)6-10-18-4-3-5-19(24(18)27)11-7-17-9-13-21(26(30)31)15-23(17)33-2;2*1-30-24-14-18(16-28)6-8-20(24)10-12-22-4-3-5-23(26(22)27)13-11-21-9-7-19(17-29)15-25(21)31-2;1-3-9-5-4-8(7-11)6-10(9)12-2;7-4-2-1-3-5(8)6(4)9;1-8(2,3)7-9(4,5)6;;;/h3-5,8-9,12-15H,6-7,10-11H2,1-2H3,(H3,28,29)(H3,30,31);3-9,14-15H,10-13H2,1-2H3;3-9,14-15H,1-2H3;1,4-6H,2H3;1-3H;1-6H3;2*1H4;/q;;;;;-1;;;+1. The molecule has 0 aliphatic heterocycles. The topological polar surface area (TPSA) is 297 Å². The predicted octanol–water partition coefficient (Wildman–Crippen LogP) is 19.7. The van der Waals surface area contributed by atoms with Gasteiger partial charge in [-0.15, -0.1) is 6.42 Å². The molecule has 0 saturated heterocycles. The molecule has 0 heterocycles. The second kappa shape index (κ2) is 54.6. The van der Waals surface area contributed by atoms with Crippen molar-refractivity contribution in [2.24, 2.45) is 11.5 Å². The number of amidine groups is 2. The number of nitrogens with one attached hydrogen (secondary N) is 2. The minimum absolute atomic E-state index is 0. The second-order valence-corrected chi connectivity index (χ2v) is 40.6. The van der Waals surface area contributed by atoms with Gasteiger partial charge in [0.1, 0.15) is 63.6 Å². The molecule has 11 rings (SSSR count). The van der Waals surface area contributed by atoms with Crippen LogP contribution in [0.3, 0.4) is 0 Å². The zero-order chi connectivity index (χ0) is 91.9. The van der Waals surface area contributed by atoms with Gasteiger partial charge in [-0.3, -0.25) is 10.8 Å². The normalized spacial score (nSPS) is 9.88. The van der Waals surface area contributed by atoms with Crippen LogP contribution in [0, 0.1) is 127 Å². The number of hydrogen-bond acceptors (Lipinski definition) is 14. The fourth-order valence-corrected chi connectivity index (χ4v) is 21.5. The monoisotopic (exact) mass is 1880 g/mol. The van der Waals surface area contributed by atoms with Crippen LogP contribution in [0.1, 0.15) is 126 Å². The largest absolute Gasteiger partial charge is 1.00 e. The zero-order valence-corrected chi connectivity index (χ0v) is 77.9. The Morgan fingerprint density at radius 3 is 0.844 bits per heavy atom. The van der Waals surface area contributed by atoms with Gasteiger partial charge >= 0.3 is 18.9 Å². The van der Waals surface area contributed by atoms with Crippen LogP contribution in [0.25, 0.3) is 4.65 Å². The molecule has 26 heteroatoms. The van der Waals surface area contributed by atoms with Crippen LogP contribution in [-0.2, 0) is 51.4 Å². The summed E-state index contributed by atoms with van der Waals surface area (Å²) in [4.78, 5) is 0. The zero-order valence-electron chi connectivity index (χ0n) is 72.8. The maximum atomic E-state index is 15.2. The summed E-state index contributed by atoms with van der Waals surface area (Å²) >= 11 is 6.08. The van der Waals surface area contributed by atoms with Crippen LogP contribution in [0.15, 0.2) is 209 Å². The van der Waals surface area contributed by atoms with Crippen molar-refractivity contribution in [1.82, 2.24) is 0 Å². The Morgan fingerprint density at radius 1 is 0.336 bits per heavy atom. The van der Waals surface area contributed by atoms with E-state index in [2.05, 4.69) is 113 Å². The number of halogens is 6.